The van der Waals surface area contributed by atoms with E-state index in [1.165, 1.54) is 4.90 Å². The summed E-state index contributed by atoms with van der Waals surface area (Å²) in [5.74, 6) is 1.57. The van der Waals surface area contributed by atoms with Gasteiger partial charge in [0.2, 0.25) is 6.79 Å². The second-order valence-electron chi connectivity index (χ2n) is 3.71. The fourth-order valence-electron chi connectivity index (χ4n) is 1.43. The van der Waals surface area contributed by atoms with E-state index in [1.807, 2.05) is 6.07 Å². The molecule has 6 heteroatoms. The summed E-state index contributed by atoms with van der Waals surface area (Å²) in [6.45, 7) is 0.509. The molecule has 94 valence electrons. The van der Waals surface area contributed by atoms with Crippen molar-refractivity contribution in [3.05, 3.63) is 18.2 Å². The Bertz CT molecular complexity index is 495. The van der Waals surface area contributed by atoms with E-state index in [0.717, 1.165) is 0 Å². The van der Waals surface area contributed by atoms with Crippen molar-refractivity contribution < 1.29 is 19.0 Å². The fourth-order valence-corrected chi connectivity index (χ4v) is 1.43. The number of fused-ring (bicyclic) bond motifs is 1. The van der Waals surface area contributed by atoms with Gasteiger partial charge in [-0.25, -0.2) is 4.79 Å². The number of benzene rings is 1. The van der Waals surface area contributed by atoms with E-state index < -0.39 is 6.09 Å². The van der Waals surface area contributed by atoms with Crippen molar-refractivity contribution >= 4 is 6.09 Å². The minimum atomic E-state index is -0.510. The van der Waals surface area contributed by atoms with Gasteiger partial charge in [-0.2, -0.15) is 5.26 Å². The van der Waals surface area contributed by atoms with E-state index in [9.17, 15) is 4.79 Å². The van der Waals surface area contributed by atoms with Crippen LogP contribution in [0.4, 0.5) is 4.79 Å². The second kappa shape index (κ2) is 5.27. The van der Waals surface area contributed by atoms with Crippen molar-refractivity contribution in [2.75, 3.05) is 20.4 Å². The first-order valence-corrected chi connectivity index (χ1v) is 5.40. The van der Waals surface area contributed by atoms with Gasteiger partial charge >= 0.3 is 6.09 Å². The first-order valence-electron chi connectivity index (χ1n) is 5.40. The molecular weight excluding hydrogens is 236 g/mol. The van der Waals surface area contributed by atoms with Gasteiger partial charge in [0.25, 0.3) is 0 Å². The summed E-state index contributed by atoms with van der Waals surface area (Å²) in [6.07, 6.45) is -0.240. The predicted molar refractivity (Wildman–Crippen MR) is 61.4 cm³/mol. The molecule has 0 N–H and O–H groups in total. The molecule has 0 spiro atoms. The molecule has 18 heavy (non-hydrogen) atoms. The molecule has 0 fully saturated rings. The van der Waals surface area contributed by atoms with Gasteiger partial charge in [-0.1, -0.05) is 0 Å². The molecule has 0 radical (unpaired) electrons. The number of rotatable bonds is 3. The summed E-state index contributed by atoms with van der Waals surface area (Å²) in [6, 6.07) is 6.87. The van der Waals surface area contributed by atoms with Gasteiger partial charge in [-0.05, 0) is 12.1 Å². The molecule has 0 aliphatic carbocycles. The average Bonchev–Trinajstić information content (AvgIpc) is 2.83. The molecule has 1 heterocycles. The second-order valence-corrected chi connectivity index (χ2v) is 3.71. The third kappa shape index (κ3) is 2.63. The third-order valence-electron chi connectivity index (χ3n) is 2.42. The third-order valence-corrected chi connectivity index (χ3v) is 2.42. The smallest absolute Gasteiger partial charge is 0.414 e. The van der Waals surface area contributed by atoms with E-state index in [-0.39, 0.29) is 13.2 Å². The van der Waals surface area contributed by atoms with Gasteiger partial charge in [0, 0.05) is 19.7 Å². The molecule has 1 aliphatic heterocycles. The van der Waals surface area contributed by atoms with Crippen LogP contribution in [-0.2, 0) is 0 Å². The summed E-state index contributed by atoms with van der Waals surface area (Å²) < 4.78 is 15.5. The first-order chi connectivity index (χ1) is 8.70. The fraction of sp³-hybridized carbons (Fsp3) is 0.333. The highest BCUT2D eigenvalue weighted by Gasteiger charge is 2.16. The number of nitrogens with zero attached hydrogens (tertiary/aromatic N) is 2. The molecule has 1 aromatic rings. The van der Waals surface area contributed by atoms with Crippen LogP contribution in [0.2, 0.25) is 0 Å². The number of carbonyl (C=O) groups is 1. The number of carbonyl (C=O) groups excluding carboxylic acids is 1. The van der Waals surface area contributed by atoms with Gasteiger partial charge in [-0.3, -0.25) is 0 Å². The Morgan fingerprint density at radius 1 is 1.50 bits per heavy atom. The summed E-state index contributed by atoms with van der Waals surface area (Å²) in [5.41, 5.74) is 0. The maximum atomic E-state index is 11.6. The standard InChI is InChI=1S/C12H12N2O4/c1-14(6-2-5-13)12(15)18-9-3-4-10-11(7-9)17-8-16-10/h3-4,7H,2,6,8H2,1H3. The van der Waals surface area contributed by atoms with E-state index in [0.29, 0.717) is 23.8 Å². The number of ether oxygens (including phenoxy) is 3. The Kier molecular flexibility index (Phi) is 3.53. The Morgan fingerprint density at radius 3 is 3.06 bits per heavy atom. The summed E-state index contributed by atoms with van der Waals surface area (Å²) in [4.78, 5) is 13.0. The minimum Gasteiger partial charge on any atom is -0.454 e. The van der Waals surface area contributed by atoms with Crippen LogP contribution in [0.5, 0.6) is 17.2 Å². The molecule has 0 aromatic heterocycles. The molecule has 1 aromatic carbocycles. The molecular formula is C12H12N2O4. The van der Waals surface area contributed by atoms with Crippen LogP contribution in [0.15, 0.2) is 18.2 Å². The zero-order valence-corrected chi connectivity index (χ0v) is 9.88. The Balaban J connectivity index is 1.97. The Labute approximate surface area is 104 Å². The largest absolute Gasteiger partial charge is 0.454 e. The monoisotopic (exact) mass is 248 g/mol. The molecule has 0 bridgehead atoms. The Morgan fingerprint density at radius 2 is 2.28 bits per heavy atom. The average molecular weight is 248 g/mol. The topological polar surface area (TPSA) is 71.8 Å². The number of nitriles is 1. The van der Waals surface area contributed by atoms with Gasteiger partial charge < -0.3 is 19.1 Å². The summed E-state index contributed by atoms with van der Waals surface area (Å²) in [7, 11) is 1.58. The van der Waals surface area contributed by atoms with Crippen molar-refractivity contribution in [3.63, 3.8) is 0 Å². The van der Waals surface area contributed by atoms with Crippen molar-refractivity contribution in [1.82, 2.24) is 4.90 Å². The van der Waals surface area contributed by atoms with Gasteiger partial charge in [0.15, 0.2) is 11.5 Å². The molecule has 0 saturated carbocycles. The van der Waals surface area contributed by atoms with Crippen LogP contribution in [0.3, 0.4) is 0 Å². The SMILES string of the molecule is CN(CCC#N)C(=O)Oc1ccc2c(c1)OCO2. The van der Waals surface area contributed by atoms with Gasteiger partial charge in [0.05, 0.1) is 12.5 Å². The summed E-state index contributed by atoms with van der Waals surface area (Å²) in [5, 5.41) is 8.43. The van der Waals surface area contributed by atoms with Crippen molar-refractivity contribution in [2.24, 2.45) is 0 Å². The van der Waals surface area contributed by atoms with E-state index >= 15 is 0 Å². The van der Waals surface area contributed by atoms with Crippen LogP contribution in [-0.4, -0.2) is 31.4 Å². The lowest BCUT2D eigenvalue weighted by atomic mass is 10.3. The molecule has 6 nitrogen and oxygen atoms in total. The first kappa shape index (κ1) is 12.0. The van der Waals surface area contributed by atoms with Crippen LogP contribution < -0.4 is 14.2 Å². The van der Waals surface area contributed by atoms with Crippen molar-refractivity contribution in [2.45, 2.75) is 6.42 Å². The molecule has 2 rings (SSSR count). The highest BCUT2D eigenvalue weighted by Crippen LogP contribution is 2.35. The van der Waals surface area contributed by atoms with Crippen LogP contribution >= 0.6 is 0 Å². The lowest BCUT2D eigenvalue weighted by molar-refractivity contribution is 0.163. The maximum absolute atomic E-state index is 11.6. The maximum Gasteiger partial charge on any atom is 0.414 e. The number of hydrogen-bond donors (Lipinski definition) is 0. The highest BCUT2D eigenvalue weighted by atomic mass is 16.7. The van der Waals surface area contributed by atoms with E-state index in [2.05, 4.69) is 0 Å². The van der Waals surface area contributed by atoms with Crippen molar-refractivity contribution in [3.8, 4) is 23.3 Å². The number of amides is 1. The molecule has 0 saturated heterocycles. The normalized spacial score (nSPS) is 11.8. The van der Waals surface area contributed by atoms with Gasteiger partial charge in [0.1, 0.15) is 5.75 Å². The van der Waals surface area contributed by atoms with Crippen molar-refractivity contribution in [1.29, 1.82) is 5.26 Å². The number of hydrogen-bond acceptors (Lipinski definition) is 5. The highest BCUT2D eigenvalue weighted by molar-refractivity contribution is 5.70. The zero-order chi connectivity index (χ0) is 13.0. The van der Waals surface area contributed by atoms with Crippen LogP contribution in [0.1, 0.15) is 6.42 Å². The van der Waals surface area contributed by atoms with Crippen LogP contribution in [0, 0.1) is 11.3 Å². The van der Waals surface area contributed by atoms with E-state index in [1.54, 1.807) is 25.2 Å². The van der Waals surface area contributed by atoms with E-state index in [4.69, 9.17) is 19.5 Å². The Hall–Kier alpha value is -2.42. The minimum absolute atomic E-state index is 0.175. The van der Waals surface area contributed by atoms with Crippen LogP contribution in [0.25, 0.3) is 0 Å². The lowest BCUT2D eigenvalue weighted by Crippen LogP contribution is -2.30. The van der Waals surface area contributed by atoms with Gasteiger partial charge in [-0.15, -0.1) is 0 Å². The predicted octanol–water partition coefficient (Wildman–Crippen LogP) is 1.76. The molecule has 1 aliphatic rings. The summed E-state index contributed by atoms with van der Waals surface area (Å²) >= 11 is 0. The molecule has 0 atom stereocenters. The quantitative estimate of drug-likeness (QED) is 0.815. The molecule has 0 unspecified atom stereocenters. The zero-order valence-electron chi connectivity index (χ0n) is 9.88. The molecule has 1 amide bonds. The lowest BCUT2D eigenvalue weighted by Gasteiger charge is -2.15.